The Morgan fingerprint density at radius 1 is 1.47 bits per heavy atom. The Kier molecular flexibility index (Phi) is 4.39. The molecule has 5 heteroatoms. The van der Waals surface area contributed by atoms with Crippen molar-refractivity contribution >= 4 is 28.6 Å². The molecule has 4 nitrogen and oxygen atoms in total. The molecule has 1 aromatic heterocycles. The highest BCUT2D eigenvalue weighted by Gasteiger charge is 2.14. The van der Waals surface area contributed by atoms with Crippen LogP contribution in [0.5, 0.6) is 0 Å². The van der Waals surface area contributed by atoms with Crippen LogP contribution in [0.25, 0.3) is 10.9 Å². The van der Waals surface area contributed by atoms with E-state index in [2.05, 4.69) is 9.72 Å². The second-order valence-corrected chi connectivity index (χ2v) is 5.28. The number of carbonyl (C=O) groups is 1. The van der Waals surface area contributed by atoms with Gasteiger partial charge in [0.2, 0.25) is 0 Å². The van der Waals surface area contributed by atoms with E-state index in [0.717, 1.165) is 21.5 Å². The minimum atomic E-state index is -0.609. The van der Waals surface area contributed by atoms with Crippen molar-refractivity contribution in [2.45, 2.75) is 17.9 Å². The molecule has 0 bridgehead atoms. The molecule has 0 aliphatic rings. The highest BCUT2D eigenvalue weighted by Crippen LogP contribution is 2.28. The number of benzene rings is 1. The average molecular weight is 276 g/mol. The van der Waals surface area contributed by atoms with Crippen LogP contribution in [0.1, 0.15) is 5.69 Å². The maximum atomic E-state index is 11.3. The number of ether oxygens (including phenoxy) is 1. The lowest BCUT2D eigenvalue weighted by Gasteiger charge is -2.11. The van der Waals surface area contributed by atoms with E-state index < -0.39 is 6.04 Å². The number of hydrogen-bond donors (Lipinski definition) is 1. The molecule has 19 heavy (non-hydrogen) atoms. The summed E-state index contributed by atoms with van der Waals surface area (Å²) in [6, 6.07) is 9.34. The average Bonchev–Trinajstić information content (AvgIpc) is 2.43. The quantitative estimate of drug-likeness (QED) is 0.684. The summed E-state index contributed by atoms with van der Waals surface area (Å²) in [6.07, 6.45) is 0. The molecule has 0 spiro atoms. The molecule has 0 amide bonds. The van der Waals surface area contributed by atoms with Crippen molar-refractivity contribution < 1.29 is 9.53 Å². The Balaban J connectivity index is 2.23. The number of nitrogens with zero attached hydrogens (tertiary/aromatic N) is 1. The summed E-state index contributed by atoms with van der Waals surface area (Å²) in [5.74, 6) is 0.0997. The van der Waals surface area contributed by atoms with E-state index in [1.807, 2.05) is 37.3 Å². The fourth-order valence-corrected chi connectivity index (χ4v) is 2.86. The highest BCUT2D eigenvalue weighted by molar-refractivity contribution is 7.99. The van der Waals surface area contributed by atoms with Crippen molar-refractivity contribution in [1.82, 2.24) is 4.98 Å². The van der Waals surface area contributed by atoms with Gasteiger partial charge in [-0.25, -0.2) is 0 Å². The Morgan fingerprint density at radius 3 is 2.95 bits per heavy atom. The molecule has 0 radical (unpaired) electrons. The molecule has 0 unspecified atom stereocenters. The van der Waals surface area contributed by atoms with Gasteiger partial charge in [0.25, 0.3) is 0 Å². The van der Waals surface area contributed by atoms with E-state index in [9.17, 15) is 4.79 Å². The van der Waals surface area contributed by atoms with Crippen LogP contribution in [-0.2, 0) is 9.53 Å². The first-order valence-corrected chi connectivity index (χ1v) is 6.93. The van der Waals surface area contributed by atoms with Gasteiger partial charge >= 0.3 is 5.97 Å². The predicted octanol–water partition coefficient (Wildman–Crippen LogP) is 2.14. The zero-order chi connectivity index (χ0) is 13.8. The number of nitrogens with two attached hydrogens (primary N) is 1. The number of aryl methyl sites for hydroxylation is 1. The van der Waals surface area contributed by atoms with E-state index in [-0.39, 0.29) is 5.97 Å². The van der Waals surface area contributed by atoms with Gasteiger partial charge in [0.05, 0.1) is 12.6 Å². The largest absolute Gasteiger partial charge is 0.468 e. The number of esters is 1. The molecule has 0 aliphatic heterocycles. The Labute approximate surface area is 116 Å². The van der Waals surface area contributed by atoms with Crippen LogP contribution in [0.15, 0.2) is 35.2 Å². The van der Waals surface area contributed by atoms with Gasteiger partial charge in [0, 0.05) is 21.7 Å². The number of thioether (sulfide) groups is 1. The summed E-state index contributed by atoms with van der Waals surface area (Å²) in [7, 11) is 1.35. The fraction of sp³-hybridized carbons (Fsp3) is 0.286. The van der Waals surface area contributed by atoms with Gasteiger partial charge in [-0.1, -0.05) is 18.2 Å². The monoisotopic (exact) mass is 276 g/mol. The molecule has 2 aromatic rings. The normalized spacial score (nSPS) is 12.4. The number of hydrogen-bond acceptors (Lipinski definition) is 5. The summed E-state index contributed by atoms with van der Waals surface area (Å²) < 4.78 is 4.62. The van der Waals surface area contributed by atoms with Crippen molar-refractivity contribution in [3.8, 4) is 0 Å². The van der Waals surface area contributed by atoms with Crippen LogP contribution in [-0.4, -0.2) is 29.9 Å². The second-order valence-electron chi connectivity index (χ2n) is 4.22. The fourth-order valence-electron chi connectivity index (χ4n) is 1.79. The highest BCUT2D eigenvalue weighted by atomic mass is 32.2. The van der Waals surface area contributed by atoms with Crippen molar-refractivity contribution in [3.05, 3.63) is 36.0 Å². The van der Waals surface area contributed by atoms with E-state index in [4.69, 9.17) is 5.73 Å². The van der Waals surface area contributed by atoms with Gasteiger partial charge < -0.3 is 10.5 Å². The van der Waals surface area contributed by atoms with Crippen LogP contribution < -0.4 is 5.73 Å². The topological polar surface area (TPSA) is 65.2 Å². The summed E-state index contributed by atoms with van der Waals surface area (Å²) in [6.45, 7) is 1.96. The number of para-hydroxylation sites is 1. The summed E-state index contributed by atoms with van der Waals surface area (Å²) in [5, 5.41) is 1.08. The lowest BCUT2D eigenvalue weighted by Crippen LogP contribution is -2.33. The Hall–Kier alpha value is -1.59. The minimum Gasteiger partial charge on any atom is -0.468 e. The standard InChI is InChI=1S/C14H16N2O2S/c1-9-7-13(19-8-11(15)14(17)18-2)10-5-3-4-6-12(10)16-9/h3-7,11H,8,15H2,1-2H3/t11-/m1/s1. The molecule has 0 saturated heterocycles. The molecule has 2 N–H and O–H groups in total. The van der Waals surface area contributed by atoms with Crippen molar-refractivity contribution in [3.63, 3.8) is 0 Å². The first-order valence-electron chi connectivity index (χ1n) is 5.94. The number of pyridine rings is 1. The molecule has 0 fully saturated rings. The van der Waals surface area contributed by atoms with Gasteiger partial charge in [0.15, 0.2) is 0 Å². The van der Waals surface area contributed by atoms with Crippen molar-refractivity contribution in [2.75, 3.05) is 12.9 Å². The minimum absolute atomic E-state index is 0.386. The predicted molar refractivity (Wildman–Crippen MR) is 77.2 cm³/mol. The molecule has 1 heterocycles. The molecule has 2 rings (SSSR count). The molecule has 1 atom stereocenters. The van der Waals surface area contributed by atoms with Gasteiger partial charge in [0.1, 0.15) is 6.04 Å². The molecule has 100 valence electrons. The smallest absolute Gasteiger partial charge is 0.323 e. The van der Waals surface area contributed by atoms with Crippen LogP contribution in [0.2, 0.25) is 0 Å². The van der Waals surface area contributed by atoms with Crippen molar-refractivity contribution in [2.24, 2.45) is 5.73 Å². The van der Waals surface area contributed by atoms with E-state index in [1.165, 1.54) is 7.11 Å². The Morgan fingerprint density at radius 2 is 2.21 bits per heavy atom. The lowest BCUT2D eigenvalue weighted by molar-refractivity contribution is -0.141. The van der Waals surface area contributed by atoms with Gasteiger partial charge in [-0.2, -0.15) is 0 Å². The molecule has 1 aromatic carbocycles. The molecular formula is C14H16N2O2S. The summed E-state index contributed by atoms with van der Waals surface area (Å²) >= 11 is 1.55. The van der Waals surface area contributed by atoms with Crippen LogP contribution >= 0.6 is 11.8 Å². The third-order valence-corrected chi connectivity index (χ3v) is 3.90. The third-order valence-electron chi connectivity index (χ3n) is 2.73. The van der Waals surface area contributed by atoms with Crippen molar-refractivity contribution in [1.29, 1.82) is 0 Å². The number of carbonyl (C=O) groups excluding carboxylic acids is 1. The maximum absolute atomic E-state index is 11.3. The number of fused-ring (bicyclic) bond motifs is 1. The van der Waals surface area contributed by atoms with Gasteiger partial charge in [-0.05, 0) is 19.1 Å². The maximum Gasteiger partial charge on any atom is 0.323 e. The van der Waals surface area contributed by atoms with Crippen LogP contribution in [0.4, 0.5) is 0 Å². The SMILES string of the molecule is COC(=O)[C@H](N)CSc1cc(C)nc2ccccc12. The summed E-state index contributed by atoms with van der Waals surface area (Å²) in [5.41, 5.74) is 7.65. The number of aromatic nitrogens is 1. The van der Waals surface area contributed by atoms with E-state index in [0.29, 0.717) is 5.75 Å². The lowest BCUT2D eigenvalue weighted by atomic mass is 10.2. The number of rotatable bonds is 4. The zero-order valence-corrected chi connectivity index (χ0v) is 11.7. The zero-order valence-electron chi connectivity index (χ0n) is 10.9. The second kappa shape index (κ2) is 6.04. The third kappa shape index (κ3) is 3.24. The van der Waals surface area contributed by atoms with Crippen LogP contribution in [0, 0.1) is 6.92 Å². The van der Waals surface area contributed by atoms with Gasteiger partial charge in [-0.15, -0.1) is 11.8 Å². The van der Waals surface area contributed by atoms with Gasteiger partial charge in [-0.3, -0.25) is 9.78 Å². The first-order chi connectivity index (χ1) is 9.11. The molecular weight excluding hydrogens is 260 g/mol. The van der Waals surface area contributed by atoms with E-state index in [1.54, 1.807) is 11.8 Å². The number of methoxy groups -OCH3 is 1. The molecule has 0 aliphatic carbocycles. The first kappa shape index (κ1) is 13.8. The Bertz CT molecular complexity index is 601. The summed E-state index contributed by atoms with van der Waals surface area (Å²) in [4.78, 5) is 16.9. The molecule has 0 saturated carbocycles. The van der Waals surface area contributed by atoms with Crippen LogP contribution in [0.3, 0.4) is 0 Å². The van der Waals surface area contributed by atoms with E-state index >= 15 is 0 Å².